The van der Waals surface area contributed by atoms with E-state index >= 15 is 0 Å². The lowest BCUT2D eigenvalue weighted by molar-refractivity contribution is 0.180. The predicted octanol–water partition coefficient (Wildman–Crippen LogP) is 3.72. The molecule has 3 heteroatoms. The van der Waals surface area contributed by atoms with Crippen molar-refractivity contribution >= 4 is 10.8 Å². The molecule has 1 aliphatic carbocycles. The van der Waals surface area contributed by atoms with Crippen LogP contribution in [0.25, 0.3) is 0 Å². The van der Waals surface area contributed by atoms with E-state index in [2.05, 4.69) is 51.2 Å². The van der Waals surface area contributed by atoms with Crippen LogP contribution in [0.15, 0.2) is 18.2 Å². The van der Waals surface area contributed by atoms with Gasteiger partial charge in [-0.05, 0) is 44.7 Å². The largest absolute Gasteiger partial charge is 0.315 e. The summed E-state index contributed by atoms with van der Waals surface area (Å²) in [5.74, 6) is 0.682. The maximum absolute atomic E-state index is 12.9. The summed E-state index contributed by atoms with van der Waals surface area (Å²) >= 11 is 0. The average molecular weight is 308 g/mol. The number of aryl methyl sites for hydroxylation is 2. The lowest BCUT2D eigenvalue weighted by Gasteiger charge is -2.43. The molecular weight excluding hydrogens is 278 g/mol. The molecule has 2 nitrogen and oxygen atoms in total. The molecule has 2 rings (SSSR count). The Hall–Kier alpha value is -0.670. The molecule has 0 aliphatic heterocycles. The molecule has 1 saturated carbocycles. The number of nitrogens with one attached hydrogen (secondary N) is 1. The van der Waals surface area contributed by atoms with E-state index < -0.39 is 10.8 Å². The summed E-state index contributed by atoms with van der Waals surface area (Å²) in [6.45, 7) is 8.82. The highest BCUT2D eigenvalue weighted by Gasteiger charge is 2.40. The SMILES string of the molecule is CNC1C(S(=O)Cc2cc(C)cc(C)c2)CCCC1(C)C. The molecule has 1 N–H and O–H groups in total. The van der Waals surface area contributed by atoms with Crippen LogP contribution >= 0.6 is 0 Å². The van der Waals surface area contributed by atoms with Crippen LogP contribution in [0.4, 0.5) is 0 Å². The highest BCUT2D eigenvalue weighted by molar-refractivity contribution is 7.84. The van der Waals surface area contributed by atoms with Crippen molar-refractivity contribution in [1.82, 2.24) is 5.32 Å². The smallest absolute Gasteiger partial charge is 0.0509 e. The van der Waals surface area contributed by atoms with Gasteiger partial charge in [-0.25, -0.2) is 0 Å². The molecule has 118 valence electrons. The molecule has 1 fully saturated rings. The summed E-state index contributed by atoms with van der Waals surface area (Å²) in [5, 5.41) is 3.70. The van der Waals surface area contributed by atoms with E-state index in [-0.39, 0.29) is 10.7 Å². The van der Waals surface area contributed by atoms with Gasteiger partial charge in [0.15, 0.2) is 0 Å². The Morgan fingerprint density at radius 2 is 1.86 bits per heavy atom. The molecular formula is C18H29NOS. The van der Waals surface area contributed by atoms with Crippen molar-refractivity contribution in [1.29, 1.82) is 0 Å². The van der Waals surface area contributed by atoms with Crippen molar-refractivity contribution in [2.75, 3.05) is 7.05 Å². The lowest BCUT2D eigenvalue weighted by atomic mass is 9.73. The molecule has 0 bridgehead atoms. The van der Waals surface area contributed by atoms with Crippen molar-refractivity contribution < 1.29 is 4.21 Å². The van der Waals surface area contributed by atoms with Gasteiger partial charge in [0.2, 0.25) is 0 Å². The Kier molecular flexibility index (Phi) is 5.26. The summed E-state index contributed by atoms with van der Waals surface area (Å²) in [5.41, 5.74) is 3.96. The van der Waals surface area contributed by atoms with Crippen LogP contribution in [-0.4, -0.2) is 22.5 Å². The Bertz CT molecular complexity index is 504. The Labute approximate surface area is 132 Å². The molecule has 3 unspecified atom stereocenters. The zero-order valence-electron chi connectivity index (χ0n) is 14.0. The highest BCUT2D eigenvalue weighted by Crippen LogP contribution is 2.38. The molecule has 0 radical (unpaired) electrons. The van der Waals surface area contributed by atoms with E-state index in [4.69, 9.17) is 0 Å². The molecule has 0 saturated heterocycles. The molecule has 0 aromatic heterocycles. The average Bonchev–Trinajstić information content (AvgIpc) is 2.35. The third kappa shape index (κ3) is 3.95. The molecule has 0 spiro atoms. The molecule has 0 heterocycles. The molecule has 1 aromatic rings. The van der Waals surface area contributed by atoms with Crippen LogP contribution in [-0.2, 0) is 16.6 Å². The zero-order chi connectivity index (χ0) is 15.6. The first-order valence-corrected chi connectivity index (χ1v) is 9.33. The van der Waals surface area contributed by atoms with Crippen LogP contribution in [0.2, 0.25) is 0 Å². The molecule has 21 heavy (non-hydrogen) atoms. The van der Waals surface area contributed by atoms with Crippen molar-refractivity contribution in [2.45, 2.75) is 64.0 Å². The normalized spacial score (nSPS) is 26.5. The monoisotopic (exact) mass is 307 g/mol. The highest BCUT2D eigenvalue weighted by atomic mass is 32.2. The number of hydrogen-bond donors (Lipinski definition) is 1. The summed E-state index contributed by atoms with van der Waals surface area (Å²) in [6, 6.07) is 6.87. The van der Waals surface area contributed by atoms with E-state index in [1.165, 1.54) is 29.5 Å². The topological polar surface area (TPSA) is 29.1 Å². The predicted molar refractivity (Wildman–Crippen MR) is 92.0 cm³/mol. The van der Waals surface area contributed by atoms with Gasteiger partial charge in [-0.1, -0.05) is 49.6 Å². The Balaban J connectivity index is 2.15. The van der Waals surface area contributed by atoms with Gasteiger partial charge in [-0.3, -0.25) is 4.21 Å². The molecule has 3 atom stereocenters. The van der Waals surface area contributed by atoms with Gasteiger partial charge in [0, 0.05) is 22.6 Å². The first kappa shape index (κ1) is 16.7. The van der Waals surface area contributed by atoms with Crippen LogP contribution < -0.4 is 5.32 Å². The fraction of sp³-hybridized carbons (Fsp3) is 0.667. The lowest BCUT2D eigenvalue weighted by Crippen LogP contribution is -2.52. The number of benzene rings is 1. The maximum atomic E-state index is 12.9. The van der Waals surface area contributed by atoms with Crippen molar-refractivity contribution in [3.63, 3.8) is 0 Å². The Morgan fingerprint density at radius 3 is 2.43 bits per heavy atom. The van der Waals surface area contributed by atoms with Crippen LogP contribution in [0.1, 0.15) is 49.8 Å². The van der Waals surface area contributed by atoms with Crippen molar-refractivity contribution in [3.8, 4) is 0 Å². The minimum atomic E-state index is -0.813. The second-order valence-electron chi connectivity index (χ2n) is 7.21. The molecule has 0 amide bonds. The number of hydrogen-bond acceptors (Lipinski definition) is 2. The summed E-state index contributed by atoms with van der Waals surface area (Å²) in [4.78, 5) is 0. The van der Waals surface area contributed by atoms with Gasteiger partial charge in [0.1, 0.15) is 0 Å². The maximum Gasteiger partial charge on any atom is 0.0509 e. The van der Waals surface area contributed by atoms with Crippen LogP contribution in [0.5, 0.6) is 0 Å². The summed E-state index contributed by atoms with van der Waals surface area (Å²) in [6.07, 6.45) is 3.48. The zero-order valence-corrected chi connectivity index (χ0v) is 14.8. The van der Waals surface area contributed by atoms with E-state index in [0.717, 1.165) is 6.42 Å². The van der Waals surface area contributed by atoms with E-state index in [0.29, 0.717) is 11.8 Å². The van der Waals surface area contributed by atoms with Gasteiger partial charge in [-0.15, -0.1) is 0 Å². The van der Waals surface area contributed by atoms with Gasteiger partial charge >= 0.3 is 0 Å². The van der Waals surface area contributed by atoms with Crippen LogP contribution in [0, 0.1) is 19.3 Å². The fourth-order valence-corrected chi connectivity index (χ4v) is 5.81. The van der Waals surface area contributed by atoms with Gasteiger partial charge in [0.25, 0.3) is 0 Å². The second-order valence-corrected chi connectivity index (χ2v) is 8.86. The van der Waals surface area contributed by atoms with Crippen LogP contribution in [0.3, 0.4) is 0 Å². The van der Waals surface area contributed by atoms with Crippen molar-refractivity contribution in [2.24, 2.45) is 5.41 Å². The number of rotatable bonds is 4. The summed E-state index contributed by atoms with van der Waals surface area (Å²) < 4.78 is 12.9. The fourth-order valence-electron chi connectivity index (χ4n) is 3.87. The first-order chi connectivity index (χ1) is 9.83. The second kappa shape index (κ2) is 6.62. The first-order valence-electron chi connectivity index (χ1n) is 7.95. The standard InChI is InChI=1S/C18H29NOS/c1-13-9-14(2)11-15(10-13)12-21(20)16-7-6-8-18(3,4)17(16)19-5/h9-11,16-17,19H,6-8,12H2,1-5H3. The third-order valence-corrected chi connectivity index (χ3v) is 6.56. The molecule has 1 aliphatic rings. The van der Waals surface area contributed by atoms with Gasteiger partial charge < -0.3 is 5.32 Å². The van der Waals surface area contributed by atoms with Gasteiger partial charge in [0.05, 0.1) is 5.25 Å². The third-order valence-electron chi connectivity index (χ3n) is 4.76. The quantitative estimate of drug-likeness (QED) is 0.918. The minimum Gasteiger partial charge on any atom is -0.315 e. The van der Waals surface area contributed by atoms with Gasteiger partial charge in [-0.2, -0.15) is 0 Å². The Morgan fingerprint density at radius 1 is 1.24 bits per heavy atom. The minimum absolute atomic E-state index is 0.232. The van der Waals surface area contributed by atoms with E-state index in [1.807, 2.05) is 7.05 Å². The van der Waals surface area contributed by atoms with E-state index in [1.54, 1.807) is 0 Å². The van der Waals surface area contributed by atoms with Crippen molar-refractivity contribution in [3.05, 3.63) is 34.9 Å². The van der Waals surface area contributed by atoms with E-state index in [9.17, 15) is 4.21 Å². The summed E-state index contributed by atoms with van der Waals surface area (Å²) in [7, 11) is 1.20. The molecule has 1 aromatic carbocycles.